The van der Waals surface area contributed by atoms with Gasteiger partial charge in [-0.2, -0.15) is 0 Å². The molecule has 3 rings (SSSR count). The molecule has 0 saturated heterocycles. The number of carbonyl (C=O) groups excluding carboxylic acids is 1. The van der Waals surface area contributed by atoms with E-state index in [1.807, 2.05) is 0 Å². The maximum atomic E-state index is 12.5. The van der Waals surface area contributed by atoms with Crippen LogP contribution in [-0.2, 0) is 11.2 Å². The molecule has 3 N–H and O–H groups in total. The molecule has 0 spiro atoms. The summed E-state index contributed by atoms with van der Waals surface area (Å²) in [6.45, 7) is 2.05. The molecule has 4 heteroatoms. The predicted molar refractivity (Wildman–Crippen MR) is 88.1 cm³/mol. The normalized spacial score (nSPS) is 27.2. The highest BCUT2D eigenvalue weighted by Crippen LogP contribution is 2.59. The average molecular weight is 302 g/mol. The lowest BCUT2D eigenvalue weighted by Crippen LogP contribution is -2.38. The van der Waals surface area contributed by atoms with Crippen LogP contribution >= 0.6 is 12.2 Å². The third-order valence-electron chi connectivity index (χ3n) is 4.92. The van der Waals surface area contributed by atoms with Crippen LogP contribution in [-0.4, -0.2) is 16.9 Å². The number of thiocarbonyl (C=S) groups is 1. The molecule has 1 saturated carbocycles. The zero-order chi connectivity index (χ0) is 15.0. The number of carbonyl (C=O) groups is 1. The Labute approximate surface area is 131 Å². The summed E-state index contributed by atoms with van der Waals surface area (Å²) in [5.41, 5.74) is 8.40. The van der Waals surface area contributed by atoms with Crippen LogP contribution in [0, 0.1) is 11.8 Å². The summed E-state index contributed by atoms with van der Waals surface area (Å²) in [6.07, 6.45) is 3.69. The number of benzene rings is 1. The Bertz CT molecular complexity index is 572. The molecule has 4 atom stereocenters. The lowest BCUT2D eigenvalue weighted by atomic mass is 9.92. The van der Waals surface area contributed by atoms with Gasteiger partial charge < -0.3 is 11.1 Å². The number of nitrogens with one attached hydrogen (secondary N) is 1. The van der Waals surface area contributed by atoms with E-state index in [0.29, 0.717) is 23.2 Å². The quantitative estimate of drug-likeness (QED) is 0.822. The Balaban J connectivity index is 1.67. The number of amides is 1. The molecule has 0 heterocycles. The molecule has 3 nitrogen and oxygen atoms in total. The van der Waals surface area contributed by atoms with E-state index < -0.39 is 0 Å². The highest BCUT2D eigenvalue weighted by Gasteiger charge is 2.57. The second-order valence-electron chi connectivity index (χ2n) is 6.24. The van der Waals surface area contributed by atoms with Crippen molar-refractivity contribution in [2.45, 2.75) is 44.6 Å². The van der Waals surface area contributed by atoms with E-state index >= 15 is 0 Å². The van der Waals surface area contributed by atoms with E-state index in [0.717, 1.165) is 19.3 Å². The summed E-state index contributed by atoms with van der Waals surface area (Å²) in [5, 5.41) is 3.14. The Kier molecular flexibility index (Phi) is 3.98. The summed E-state index contributed by atoms with van der Waals surface area (Å²) in [5.74, 6) is 1.29. The van der Waals surface area contributed by atoms with Gasteiger partial charge in [-0.25, -0.2) is 0 Å². The minimum Gasteiger partial charge on any atom is -0.393 e. The Morgan fingerprint density at radius 2 is 2.24 bits per heavy atom. The first-order valence-electron chi connectivity index (χ1n) is 7.78. The fourth-order valence-corrected chi connectivity index (χ4v) is 3.96. The lowest BCUT2D eigenvalue weighted by Gasteiger charge is -2.16. The average Bonchev–Trinajstić information content (AvgIpc) is 3.21. The smallest absolute Gasteiger partial charge is 0.224 e. The molecule has 0 aromatic heterocycles. The Morgan fingerprint density at radius 1 is 1.48 bits per heavy atom. The van der Waals surface area contributed by atoms with Gasteiger partial charge in [0, 0.05) is 18.4 Å². The van der Waals surface area contributed by atoms with Crippen LogP contribution in [0.25, 0.3) is 0 Å². The first kappa shape index (κ1) is 14.5. The van der Waals surface area contributed by atoms with Crippen LogP contribution in [0.15, 0.2) is 24.3 Å². The molecule has 1 aromatic carbocycles. The summed E-state index contributed by atoms with van der Waals surface area (Å²) in [7, 11) is 0. The van der Waals surface area contributed by atoms with Crippen LogP contribution in [0.3, 0.4) is 0 Å². The Hall–Kier alpha value is -1.42. The predicted octanol–water partition coefficient (Wildman–Crippen LogP) is 2.53. The SMILES string of the molecule is CCC(CC(N)=S)NC(=O)C1C2CCc3ccccc3C21. The molecule has 0 aliphatic heterocycles. The van der Waals surface area contributed by atoms with Gasteiger partial charge in [0.1, 0.15) is 0 Å². The number of hydrogen-bond acceptors (Lipinski definition) is 2. The zero-order valence-electron chi connectivity index (χ0n) is 12.3. The minimum absolute atomic E-state index is 0.0768. The first-order chi connectivity index (χ1) is 10.1. The maximum absolute atomic E-state index is 12.5. The van der Waals surface area contributed by atoms with E-state index in [2.05, 4.69) is 36.5 Å². The molecule has 4 unspecified atom stereocenters. The van der Waals surface area contributed by atoms with Gasteiger partial charge in [0.05, 0.1) is 4.99 Å². The van der Waals surface area contributed by atoms with E-state index in [1.165, 1.54) is 11.1 Å². The van der Waals surface area contributed by atoms with Crippen molar-refractivity contribution in [1.29, 1.82) is 0 Å². The van der Waals surface area contributed by atoms with Crippen LogP contribution in [0.4, 0.5) is 0 Å². The monoisotopic (exact) mass is 302 g/mol. The third kappa shape index (κ3) is 2.82. The molecule has 2 aliphatic rings. The van der Waals surface area contributed by atoms with Crippen molar-refractivity contribution in [2.24, 2.45) is 17.6 Å². The molecular formula is C17H22N2OS. The molecular weight excluding hydrogens is 280 g/mol. The van der Waals surface area contributed by atoms with Gasteiger partial charge in [-0.05, 0) is 42.2 Å². The van der Waals surface area contributed by atoms with Crippen LogP contribution in [0.1, 0.15) is 43.2 Å². The summed E-state index contributed by atoms with van der Waals surface area (Å²) >= 11 is 4.95. The second-order valence-corrected chi connectivity index (χ2v) is 6.76. The van der Waals surface area contributed by atoms with Gasteiger partial charge in [-0.15, -0.1) is 0 Å². The standard InChI is InChI=1S/C17H22N2OS/c1-2-11(9-14(18)21)19-17(20)16-13-8-7-10-5-3-4-6-12(10)15(13)16/h3-6,11,13,15-16H,2,7-9H2,1H3,(H2,18,21)(H,19,20). The minimum atomic E-state index is 0.0768. The van der Waals surface area contributed by atoms with E-state index in [9.17, 15) is 4.79 Å². The van der Waals surface area contributed by atoms with Gasteiger partial charge in [-0.1, -0.05) is 43.4 Å². The van der Waals surface area contributed by atoms with Gasteiger partial charge in [0.15, 0.2) is 0 Å². The summed E-state index contributed by atoms with van der Waals surface area (Å²) in [6, 6.07) is 8.63. The van der Waals surface area contributed by atoms with Crippen molar-refractivity contribution in [3.63, 3.8) is 0 Å². The molecule has 112 valence electrons. The molecule has 2 aliphatic carbocycles. The number of nitrogens with two attached hydrogens (primary N) is 1. The molecule has 0 bridgehead atoms. The lowest BCUT2D eigenvalue weighted by molar-refractivity contribution is -0.123. The molecule has 21 heavy (non-hydrogen) atoms. The van der Waals surface area contributed by atoms with Crippen LogP contribution in [0.2, 0.25) is 0 Å². The number of fused-ring (bicyclic) bond motifs is 3. The molecule has 1 amide bonds. The number of rotatable bonds is 5. The fraction of sp³-hybridized carbons (Fsp3) is 0.529. The topological polar surface area (TPSA) is 55.1 Å². The third-order valence-corrected chi connectivity index (χ3v) is 5.09. The first-order valence-corrected chi connectivity index (χ1v) is 8.19. The maximum Gasteiger partial charge on any atom is 0.224 e. The van der Waals surface area contributed by atoms with Crippen molar-refractivity contribution in [3.8, 4) is 0 Å². The molecule has 1 fully saturated rings. The highest BCUT2D eigenvalue weighted by atomic mass is 32.1. The summed E-state index contributed by atoms with van der Waals surface area (Å²) < 4.78 is 0. The fourth-order valence-electron chi connectivity index (χ4n) is 3.76. The largest absolute Gasteiger partial charge is 0.393 e. The van der Waals surface area contributed by atoms with Gasteiger partial charge in [-0.3, -0.25) is 4.79 Å². The van der Waals surface area contributed by atoms with Crippen molar-refractivity contribution >= 4 is 23.1 Å². The van der Waals surface area contributed by atoms with Crippen molar-refractivity contribution in [3.05, 3.63) is 35.4 Å². The molecule has 1 aromatic rings. The van der Waals surface area contributed by atoms with Crippen molar-refractivity contribution < 1.29 is 4.79 Å². The van der Waals surface area contributed by atoms with E-state index in [4.69, 9.17) is 18.0 Å². The van der Waals surface area contributed by atoms with Crippen molar-refractivity contribution in [1.82, 2.24) is 5.32 Å². The van der Waals surface area contributed by atoms with E-state index in [1.54, 1.807) is 0 Å². The number of aryl methyl sites for hydroxylation is 1. The van der Waals surface area contributed by atoms with Crippen LogP contribution in [0.5, 0.6) is 0 Å². The number of hydrogen-bond donors (Lipinski definition) is 2. The second kappa shape index (κ2) is 5.76. The van der Waals surface area contributed by atoms with Crippen LogP contribution < -0.4 is 11.1 Å². The van der Waals surface area contributed by atoms with Gasteiger partial charge >= 0.3 is 0 Å². The summed E-state index contributed by atoms with van der Waals surface area (Å²) in [4.78, 5) is 13.0. The van der Waals surface area contributed by atoms with Gasteiger partial charge in [0.25, 0.3) is 0 Å². The van der Waals surface area contributed by atoms with Gasteiger partial charge in [0.2, 0.25) is 5.91 Å². The van der Waals surface area contributed by atoms with Crippen molar-refractivity contribution in [2.75, 3.05) is 0 Å². The highest BCUT2D eigenvalue weighted by molar-refractivity contribution is 7.80. The van der Waals surface area contributed by atoms with E-state index in [-0.39, 0.29) is 17.9 Å². The Morgan fingerprint density at radius 3 is 2.95 bits per heavy atom. The molecule has 0 radical (unpaired) electrons. The zero-order valence-corrected chi connectivity index (χ0v) is 13.2.